The summed E-state index contributed by atoms with van der Waals surface area (Å²) >= 11 is 11.9. The highest BCUT2D eigenvalue weighted by Gasteiger charge is 2.12. The number of fused-ring (bicyclic) bond motifs is 1. The number of nitrogens with zero attached hydrogens (tertiary/aromatic N) is 1. The monoisotopic (exact) mass is 302 g/mol. The van der Waals surface area contributed by atoms with Crippen molar-refractivity contribution >= 4 is 34.9 Å². The molecule has 1 heterocycles. The third-order valence-electron chi connectivity index (χ3n) is 3.41. The van der Waals surface area contributed by atoms with Crippen LogP contribution in [0.1, 0.15) is 18.9 Å². The van der Waals surface area contributed by atoms with E-state index in [1.807, 2.05) is 28.8 Å². The van der Waals surface area contributed by atoms with E-state index in [0.717, 1.165) is 29.6 Å². The summed E-state index contributed by atoms with van der Waals surface area (Å²) in [6.07, 6.45) is 2.12. The number of para-hydroxylation sites is 2. The molecular formula is C16H15ClN2S. The van der Waals surface area contributed by atoms with Crippen LogP contribution >= 0.6 is 23.8 Å². The summed E-state index contributed by atoms with van der Waals surface area (Å²) in [6, 6.07) is 14.2. The van der Waals surface area contributed by atoms with E-state index in [4.69, 9.17) is 23.8 Å². The molecule has 1 N–H and O–H groups in total. The molecule has 0 spiro atoms. The summed E-state index contributed by atoms with van der Waals surface area (Å²) in [5.41, 5.74) is 4.31. The Morgan fingerprint density at radius 2 is 1.95 bits per heavy atom. The van der Waals surface area contributed by atoms with Gasteiger partial charge in [-0.15, -0.1) is 0 Å². The van der Waals surface area contributed by atoms with Crippen LogP contribution in [0.4, 0.5) is 0 Å². The molecule has 0 aliphatic rings. The summed E-state index contributed by atoms with van der Waals surface area (Å²) in [4.78, 5) is 3.23. The number of nitrogens with one attached hydrogen (secondary N) is 1. The van der Waals surface area contributed by atoms with E-state index in [0.29, 0.717) is 9.79 Å². The molecule has 0 unspecified atom stereocenters. The number of hydrogen-bond donors (Lipinski definition) is 1. The average Bonchev–Trinajstić information content (AvgIpc) is 2.77. The van der Waals surface area contributed by atoms with Gasteiger partial charge in [0.25, 0.3) is 0 Å². The second kappa shape index (κ2) is 5.43. The molecule has 102 valence electrons. The van der Waals surface area contributed by atoms with Crippen LogP contribution in [0.5, 0.6) is 0 Å². The lowest BCUT2D eigenvalue weighted by molar-refractivity contribution is 0.900. The maximum Gasteiger partial charge on any atom is 0.182 e. The van der Waals surface area contributed by atoms with Gasteiger partial charge in [-0.05, 0) is 42.4 Å². The molecule has 0 bridgehead atoms. The van der Waals surface area contributed by atoms with Gasteiger partial charge in [0.15, 0.2) is 4.77 Å². The standard InChI is InChI=1S/C16H15ClN2S/c1-2-6-11-7-3-4-10-14(11)19-15-12(17)8-5-9-13(15)18-16(19)20/h3-5,7-10H,2,6H2,1H3,(H,18,20). The van der Waals surface area contributed by atoms with Gasteiger partial charge in [-0.3, -0.25) is 4.57 Å². The van der Waals surface area contributed by atoms with Crippen molar-refractivity contribution in [3.63, 3.8) is 0 Å². The molecule has 0 saturated heterocycles. The first-order valence-corrected chi connectivity index (χ1v) is 7.48. The third-order valence-corrected chi connectivity index (χ3v) is 4.00. The second-order valence-electron chi connectivity index (χ2n) is 4.78. The Morgan fingerprint density at radius 3 is 2.75 bits per heavy atom. The summed E-state index contributed by atoms with van der Waals surface area (Å²) in [6.45, 7) is 2.18. The minimum Gasteiger partial charge on any atom is -0.330 e. The van der Waals surface area contributed by atoms with Crippen LogP contribution < -0.4 is 0 Å². The lowest BCUT2D eigenvalue weighted by atomic mass is 10.1. The molecule has 0 fully saturated rings. The Balaban J connectivity index is 2.35. The highest BCUT2D eigenvalue weighted by atomic mass is 35.5. The number of aromatic nitrogens is 2. The van der Waals surface area contributed by atoms with Gasteiger partial charge in [-0.2, -0.15) is 0 Å². The maximum atomic E-state index is 6.37. The Labute approximate surface area is 128 Å². The first-order valence-electron chi connectivity index (χ1n) is 6.70. The lowest BCUT2D eigenvalue weighted by Gasteiger charge is -2.11. The Morgan fingerprint density at radius 1 is 1.15 bits per heavy atom. The zero-order valence-electron chi connectivity index (χ0n) is 11.2. The molecular weight excluding hydrogens is 288 g/mol. The molecule has 0 aliphatic heterocycles. The molecule has 20 heavy (non-hydrogen) atoms. The number of aromatic amines is 1. The van der Waals surface area contributed by atoms with Crippen LogP contribution in [0.3, 0.4) is 0 Å². The number of rotatable bonds is 3. The van der Waals surface area contributed by atoms with E-state index >= 15 is 0 Å². The van der Waals surface area contributed by atoms with Crippen molar-refractivity contribution < 1.29 is 0 Å². The van der Waals surface area contributed by atoms with E-state index in [-0.39, 0.29) is 0 Å². The SMILES string of the molecule is CCCc1ccccc1-n1c(=S)[nH]c2cccc(Cl)c21. The van der Waals surface area contributed by atoms with E-state index in [9.17, 15) is 0 Å². The van der Waals surface area contributed by atoms with Crippen molar-refractivity contribution in [2.24, 2.45) is 0 Å². The van der Waals surface area contributed by atoms with Crippen LogP contribution in [0, 0.1) is 4.77 Å². The molecule has 0 amide bonds. The number of hydrogen-bond acceptors (Lipinski definition) is 1. The topological polar surface area (TPSA) is 20.7 Å². The van der Waals surface area contributed by atoms with Crippen molar-refractivity contribution in [2.75, 3.05) is 0 Å². The van der Waals surface area contributed by atoms with Crippen LogP contribution in [0.2, 0.25) is 5.02 Å². The van der Waals surface area contributed by atoms with Crippen LogP contribution in [0.15, 0.2) is 42.5 Å². The van der Waals surface area contributed by atoms with E-state index in [2.05, 4.69) is 30.1 Å². The van der Waals surface area contributed by atoms with Gasteiger partial charge in [0, 0.05) is 0 Å². The fourth-order valence-electron chi connectivity index (χ4n) is 2.56. The fourth-order valence-corrected chi connectivity index (χ4v) is 3.11. The van der Waals surface area contributed by atoms with Crippen molar-refractivity contribution in [3.8, 4) is 5.69 Å². The largest absolute Gasteiger partial charge is 0.330 e. The number of benzene rings is 2. The normalized spacial score (nSPS) is 11.1. The van der Waals surface area contributed by atoms with E-state index in [1.165, 1.54) is 5.56 Å². The molecule has 3 aromatic rings. The van der Waals surface area contributed by atoms with Gasteiger partial charge in [-0.25, -0.2) is 0 Å². The smallest absolute Gasteiger partial charge is 0.182 e. The predicted octanol–water partition coefficient (Wildman–Crippen LogP) is 5.29. The first-order chi connectivity index (χ1) is 9.72. The van der Waals surface area contributed by atoms with Gasteiger partial charge in [0.05, 0.1) is 21.7 Å². The minimum absolute atomic E-state index is 0.677. The van der Waals surface area contributed by atoms with Crippen LogP contribution in [-0.4, -0.2) is 9.55 Å². The van der Waals surface area contributed by atoms with Crippen molar-refractivity contribution in [3.05, 3.63) is 57.8 Å². The molecule has 3 rings (SSSR count). The lowest BCUT2D eigenvalue weighted by Crippen LogP contribution is -2.00. The molecule has 2 aromatic carbocycles. The van der Waals surface area contributed by atoms with Crippen LogP contribution in [-0.2, 0) is 6.42 Å². The highest BCUT2D eigenvalue weighted by Crippen LogP contribution is 2.28. The molecule has 0 saturated carbocycles. The van der Waals surface area contributed by atoms with Gasteiger partial charge >= 0.3 is 0 Å². The quantitative estimate of drug-likeness (QED) is 0.652. The van der Waals surface area contributed by atoms with E-state index < -0.39 is 0 Å². The summed E-state index contributed by atoms with van der Waals surface area (Å²) < 4.78 is 2.72. The summed E-state index contributed by atoms with van der Waals surface area (Å²) in [7, 11) is 0. The number of aryl methyl sites for hydroxylation is 1. The molecule has 2 nitrogen and oxygen atoms in total. The third kappa shape index (κ3) is 2.17. The van der Waals surface area contributed by atoms with Gasteiger partial charge < -0.3 is 4.98 Å². The summed E-state index contributed by atoms with van der Waals surface area (Å²) in [5, 5.41) is 0.709. The molecule has 4 heteroatoms. The second-order valence-corrected chi connectivity index (χ2v) is 5.57. The van der Waals surface area contributed by atoms with Gasteiger partial charge in [-0.1, -0.05) is 49.2 Å². The number of imidazole rings is 1. The predicted molar refractivity (Wildman–Crippen MR) is 87.5 cm³/mol. The van der Waals surface area contributed by atoms with Crippen LogP contribution in [0.25, 0.3) is 16.7 Å². The van der Waals surface area contributed by atoms with E-state index in [1.54, 1.807) is 0 Å². The minimum atomic E-state index is 0.677. The van der Waals surface area contributed by atoms with Gasteiger partial charge in [0.1, 0.15) is 0 Å². The first kappa shape index (κ1) is 13.4. The average molecular weight is 303 g/mol. The maximum absolute atomic E-state index is 6.37. The molecule has 1 aromatic heterocycles. The van der Waals surface area contributed by atoms with Gasteiger partial charge in [0.2, 0.25) is 0 Å². The fraction of sp³-hybridized carbons (Fsp3) is 0.188. The Hall–Kier alpha value is -1.58. The highest BCUT2D eigenvalue weighted by molar-refractivity contribution is 7.71. The molecule has 0 radical (unpaired) electrons. The molecule has 0 aliphatic carbocycles. The zero-order valence-corrected chi connectivity index (χ0v) is 12.8. The van der Waals surface area contributed by atoms with Crippen molar-refractivity contribution in [1.29, 1.82) is 0 Å². The van der Waals surface area contributed by atoms with Crippen molar-refractivity contribution in [2.45, 2.75) is 19.8 Å². The summed E-state index contributed by atoms with van der Waals surface area (Å²) in [5.74, 6) is 0. The van der Waals surface area contributed by atoms with Crippen molar-refractivity contribution in [1.82, 2.24) is 9.55 Å². The number of H-pyrrole nitrogens is 1. The Kier molecular flexibility index (Phi) is 3.64. The number of halogens is 1. The zero-order chi connectivity index (χ0) is 14.1. The Bertz CT molecular complexity index is 817. The molecule has 0 atom stereocenters.